The summed E-state index contributed by atoms with van der Waals surface area (Å²) in [5.74, 6) is 0. The first-order chi connectivity index (χ1) is 4.77. The molecule has 2 nitrogen and oxygen atoms in total. The van der Waals surface area contributed by atoms with Gasteiger partial charge in [0.1, 0.15) is 6.61 Å². The van der Waals surface area contributed by atoms with Crippen molar-refractivity contribution in [2.45, 2.75) is 6.43 Å². The van der Waals surface area contributed by atoms with Gasteiger partial charge in [-0.05, 0) is 12.2 Å². The van der Waals surface area contributed by atoms with E-state index in [-0.39, 0.29) is 6.61 Å². The molecule has 0 saturated carbocycles. The Kier molecular flexibility index (Phi) is 6.48. The van der Waals surface area contributed by atoms with Crippen LogP contribution in [-0.2, 0) is 4.74 Å². The number of rotatable bonds is 5. The summed E-state index contributed by atoms with van der Waals surface area (Å²) >= 11 is 4.23. The molecule has 0 aromatic rings. The van der Waals surface area contributed by atoms with Gasteiger partial charge < -0.3 is 4.74 Å². The number of halogens is 2. The van der Waals surface area contributed by atoms with Gasteiger partial charge in [0.15, 0.2) is 0 Å². The van der Waals surface area contributed by atoms with Crippen molar-refractivity contribution >= 4 is 17.4 Å². The Labute approximate surface area is 62.9 Å². The molecule has 0 radical (unpaired) electrons. The van der Waals surface area contributed by atoms with Gasteiger partial charge in [0.05, 0.1) is 18.3 Å². The molecule has 0 spiro atoms. The zero-order valence-electron chi connectivity index (χ0n) is 5.22. The first-order valence-electron chi connectivity index (χ1n) is 2.67. The van der Waals surface area contributed by atoms with Crippen LogP contribution >= 0.6 is 12.2 Å². The molecule has 0 heterocycles. The largest absolute Gasteiger partial charge is 0.374 e. The molecular weight excluding hydrogens is 160 g/mol. The third-order valence-corrected chi connectivity index (χ3v) is 0.785. The third kappa shape index (κ3) is 7.62. The fraction of sp³-hybridized carbons (Fsp3) is 0.800. The van der Waals surface area contributed by atoms with Crippen LogP contribution in [0.25, 0.3) is 0 Å². The molecule has 5 heteroatoms. The summed E-state index contributed by atoms with van der Waals surface area (Å²) < 4.78 is 27.2. The highest BCUT2D eigenvalue weighted by Crippen LogP contribution is 1.91. The molecule has 0 aliphatic rings. The van der Waals surface area contributed by atoms with Crippen LogP contribution in [0.1, 0.15) is 0 Å². The molecule has 0 rings (SSSR count). The topological polar surface area (TPSA) is 21.6 Å². The van der Waals surface area contributed by atoms with E-state index in [4.69, 9.17) is 0 Å². The van der Waals surface area contributed by atoms with Gasteiger partial charge in [-0.3, -0.25) is 0 Å². The summed E-state index contributed by atoms with van der Waals surface area (Å²) in [5, 5.41) is 2.10. The van der Waals surface area contributed by atoms with Crippen LogP contribution < -0.4 is 0 Å². The fourth-order valence-electron chi connectivity index (χ4n) is 0.328. The Bertz CT molecular complexity index is 125. The third-order valence-electron chi connectivity index (χ3n) is 0.656. The SMILES string of the molecule is FC(F)COCCN=C=S. The van der Waals surface area contributed by atoms with E-state index in [1.807, 2.05) is 0 Å². The molecule has 0 bridgehead atoms. The maximum absolute atomic E-state index is 11.4. The van der Waals surface area contributed by atoms with Crippen molar-refractivity contribution in [2.75, 3.05) is 19.8 Å². The minimum absolute atomic E-state index is 0.175. The highest BCUT2D eigenvalue weighted by atomic mass is 32.1. The maximum Gasteiger partial charge on any atom is 0.261 e. The Hall–Kier alpha value is -0.380. The van der Waals surface area contributed by atoms with E-state index in [9.17, 15) is 8.78 Å². The summed E-state index contributed by atoms with van der Waals surface area (Å²) in [7, 11) is 0. The number of ether oxygens (including phenoxy) is 1. The van der Waals surface area contributed by atoms with E-state index >= 15 is 0 Å². The second-order valence-corrected chi connectivity index (χ2v) is 1.62. The molecular formula is C5H7F2NOS. The van der Waals surface area contributed by atoms with Gasteiger partial charge in [0, 0.05) is 0 Å². The van der Waals surface area contributed by atoms with E-state index in [2.05, 4.69) is 27.1 Å². The highest BCUT2D eigenvalue weighted by Gasteiger charge is 1.99. The Morgan fingerprint density at radius 3 is 2.80 bits per heavy atom. The highest BCUT2D eigenvalue weighted by molar-refractivity contribution is 7.78. The molecule has 0 saturated heterocycles. The van der Waals surface area contributed by atoms with Crippen LogP contribution in [0.4, 0.5) is 8.78 Å². The van der Waals surface area contributed by atoms with Gasteiger partial charge >= 0.3 is 0 Å². The molecule has 0 fully saturated rings. The van der Waals surface area contributed by atoms with Crippen LogP contribution in [0, 0.1) is 0 Å². The van der Waals surface area contributed by atoms with Crippen molar-refractivity contribution in [3.8, 4) is 0 Å². The summed E-state index contributed by atoms with van der Waals surface area (Å²) in [4.78, 5) is 3.46. The minimum atomic E-state index is -2.41. The smallest absolute Gasteiger partial charge is 0.261 e. The lowest BCUT2D eigenvalue weighted by Gasteiger charge is -1.98. The number of thiocarbonyl (C=S) groups is 1. The molecule has 0 aromatic heterocycles. The molecule has 0 aliphatic heterocycles. The fourth-order valence-corrected chi connectivity index (χ4v) is 0.420. The summed E-state index contributed by atoms with van der Waals surface area (Å²) in [6.45, 7) is -0.0584. The van der Waals surface area contributed by atoms with Crippen molar-refractivity contribution < 1.29 is 13.5 Å². The van der Waals surface area contributed by atoms with Crippen molar-refractivity contribution in [3.05, 3.63) is 0 Å². The standard InChI is InChI=1S/C5H7F2NOS/c6-5(7)3-9-2-1-8-4-10/h5H,1-3H2. The summed E-state index contributed by atoms with van der Waals surface area (Å²) in [5.41, 5.74) is 0. The van der Waals surface area contributed by atoms with E-state index in [0.717, 1.165) is 0 Å². The van der Waals surface area contributed by atoms with Gasteiger partial charge in [0.2, 0.25) is 0 Å². The van der Waals surface area contributed by atoms with Gasteiger partial charge in [-0.15, -0.1) is 0 Å². The molecule has 0 amide bonds. The Balaban J connectivity index is 2.98. The quantitative estimate of drug-likeness (QED) is 0.350. The minimum Gasteiger partial charge on any atom is -0.374 e. The van der Waals surface area contributed by atoms with Crippen molar-refractivity contribution in [3.63, 3.8) is 0 Å². The van der Waals surface area contributed by atoms with Crippen molar-refractivity contribution in [1.82, 2.24) is 0 Å². The molecule has 0 unspecified atom stereocenters. The number of hydrogen-bond donors (Lipinski definition) is 0. The van der Waals surface area contributed by atoms with Gasteiger partial charge in [-0.2, -0.15) is 0 Å². The predicted octanol–water partition coefficient (Wildman–Crippen LogP) is 1.37. The van der Waals surface area contributed by atoms with Crippen molar-refractivity contribution in [1.29, 1.82) is 0 Å². The normalized spacial score (nSPS) is 9.50. The first kappa shape index (κ1) is 9.62. The van der Waals surface area contributed by atoms with Crippen molar-refractivity contribution in [2.24, 2.45) is 4.99 Å². The number of nitrogens with zero attached hydrogens (tertiary/aromatic N) is 1. The Morgan fingerprint density at radius 1 is 1.60 bits per heavy atom. The molecule has 0 atom stereocenters. The second kappa shape index (κ2) is 6.74. The number of aliphatic imine (C=N–C) groups is 1. The van der Waals surface area contributed by atoms with E-state index < -0.39 is 13.0 Å². The van der Waals surface area contributed by atoms with Gasteiger partial charge in [-0.25, -0.2) is 13.8 Å². The van der Waals surface area contributed by atoms with Crippen LogP contribution in [0.15, 0.2) is 4.99 Å². The van der Waals surface area contributed by atoms with E-state index in [0.29, 0.717) is 6.54 Å². The lowest BCUT2D eigenvalue weighted by atomic mass is 10.7. The molecule has 0 N–H and O–H groups in total. The van der Waals surface area contributed by atoms with E-state index in [1.165, 1.54) is 0 Å². The number of isothiocyanates is 1. The van der Waals surface area contributed by atoms with Crippen LogP contribution in [0.3, 0.4) is 0 Å². The maximum atomic E-state index is 11.4. The lowest BCUT2D eigenvalue weighted by molar-refractivity contribution is 0.0207. The van der Waals surface area contributed by atoms with E-state index in [1.54, 1.807) is 0 Å². The Morgan fingerprint density at radius 2 is 2.30 bits per heavy atom. The predicted molar refractivity (Wildman–Crippen MR) is 36.7 cm³/mol. The van der Waals surface area contributed by atoms with Crippen LogP contribution in [-0.4, -0.2) is 31.3 Å². The second-order valence-electron chi connectivity index (χ2n) is 1.44. The average Bonchev–Trinajstić information content (AvgIpc) is 1.87. The number of hydrogen-bond acceptors (Lipinski definition) is 3. The average molecular weight is 167 g/mol. The lowest BCUT2D eigenvalue weighted by Crippen LogP contribution is -2.06. The summed E-state index contributed by atoms with van der Waals surface area (Å²) in [6.07, 6.45) is -2.41. The molecule has 0 aliphatic carbocycles. The molecule has 10 heavy (non-hydrogen) atoms. The zero-order valence-corrected chi connectivity index (χ0v) is 6.03. The van der Waals surface area contributed by atoms with Crippen LogP contribution in [0.5, 0.6) is 0 Å². The first-order valence-corrected chi connectivity index (χ1v) is 3.07. The van der Waals surface area contributed by atoms with Gasteiger partial charge in [0.25, 0.3) is 6.43 Å². The summed E-state index contributed by atoms with van der Waals surface area (Å²) in [6, 6.07) is 0. The monoisotopic (exact) mass is 167 g/mol. The van der Waals surface area contributed by atoms with Crippen LogP contribution in [0.2, 0.25) is 0 Å². The van der Waals surface area contributed by atoms with Gasteiger partial charge in [-0.1, -0.05) is 0 Å². The zero-order chi connectivity index (χ0) is 7.82. The molecule has 58 valence electrons. The number of alkyl halides is 2. The molecule has 0 aromatic carbocycles.